The molecule has 0 saturated heterocycles. The number of rotatable bonds is 6. The third-order valence-corrected chi connectivity index (χ3v) is 6.65. The fourth-order valence-corrected chi connectivity index (χ4v) is 4.52. The third kappa shape index (κ3) is 3.51. The molecule has 146 valence electrons. The molecule has 0 aliphatic rings. The van der Waals surface area contributed by atoms with E-state index in [1.54, 1.807) is 0 Å². The Balaban J connectivity index is 1.70. The van der Waals surface area contributed by atoms with Gasteiger partial charge in [0.05, 0.1) is 17.6 Å². The van der Waals surface area contributed by atoms with E-state index in [-0.39, 0.29) is 17.7 Å². The van der Waals surface area contributed by atoms with Gasteiger partial charge in [-0.1, -0.05) is 0 Å². The van der Waals surface area contributed by atoms with Crippen molar-refractivity contribution >= 4 is 43.1 Å². The summed E-state index contributed by atoms with van der Waals surface area (Å²) in [7, 11) is 0. The highest BCUT2D eigenvalue weighted by molar-refractivity contribution is 7.17. The Morgan fingerprint density at radius 2 is 1.43 bits per heavy atom. The van der Waals surface area contributed by atoms with Gasteiger partial charge in [0, 0.05) is 0 Å². The van der Waals surface area contributed by atoms with Crippen molar-refractivity contribution in [3.8, 4) is 0 Å². The van der Waals surface area contributed by atoms with Crippen LogP contribution in [0.4, 0.5) is 0 Å². The molecule has 0 aromatic carbocycles. The predicted molar refractivity (Wildman–Crippen MR) is 110 cm³/mol. The van der Waals surface area contributed by atoms with E-state index in [9.17, 15) is 14.7 Å². The van der Waals surface area contributed by atoms with Crippen molar-refractivity contribution in [1.82, 2.24) is 19.9 Å². The summed E-state index contributed by atoms with van der Waals surface area (Å²) in [6.07, 6.45) is 0. The van der Waals surface area contributed by atoms with Crippen LogP contribution >= 0.6 is 22.7 Å². The highest BCUT2D eigenvalue weighted by atomic mass is 32.1. The first kappa shape index (κ1) is 18.9. The van der Waals surface area contributed by atoms with E-state index < -0.39 is 5.54 Å². The molecule has 10 heteroatoms. The number of nitrogens with one attached hydrogen (secondary N) is 3. The summed E-state index contributed by atoms with van der Waals surface area (Å²) in [6.45, 7) is 4.52. The molecule has 4 heterocycles. The van der Waals surface area contributed by atoms with Gasteiger partial charge in [-0.3, -0.25) is 9.59 Å². The van der Waals surface area contributed by atoms with Crippen LogP contribution in [-0.4, -0.2) is 37.2 Å². The highest BCUT2D eigenvalue weighted by Gasteiger charge is 2.32. The molecule has 0 unspecified atom stereocenters. The zero-order valence-corrected chi connectivity index (χ0v) is 17.0. The number of fused-ring (bicyclic) bond motifs is 2. The van der Waals surface area contributed by atoms with E-state index in [1.165, 1.54) is 22.7 Å². The zero-order chi connectivity index (χ0) is 19.9. The molecule has 4 rings (SSSR count). The van der Waals surface area contributed by atoms with Gasteiger partial charge in [-0.25, -0.2) is 9.97 Å². The maximum atomic E-state index is 12.3. The predicted octanol–water partition coefficient (Wildman–Crippen LogP) is 0.639. The Morgan fingerprint density at radius 3 is 1.86 bits per heavy atom. The number of aromatic amines is 2. The minimum Gasteiger partial charge on any atom is -0.390 e. The second-order valence-corrected chi connectivity index (χ2v) is 9.13. The van der Waals surface area contributed by atoms with Crippen molar-refractivity contribution in [3.63, 3.8) is 0 Å². The Kier molecular flexibility index (Phi) is 4.88. The van der Waals surface area contributed by atoms with E-state index in [0.717, 1.165) is 4.90 Å². The second kappa shape index (κ2) is 7.21. The molecule has 0 spiro atoms. The Hall–Kier alpha value is -2.40. The van der Waals surface area contributed by atoms with Crippen LogP contribution in [0.3, 0.4) is 0 Å². The van der Waals surface area contributed by atoms with Crippen LogP contribution in [0, 0.1) is 0 Å². The maximum Gasteiger partial charge on any atom is 0.269 e. The molecule has 4 N–H and O–H groups in total. The van der Waals surface area contributed by atoms with Gasteiger partial charge < -0.3 is 20.0 Å². The number of aliphatic hydroxyl groups excluding tert-OH is 1. The molecule has 0 bridgehead atoms. The third-order valence-electron chi connectivity index (χ3n) is 4.84. The maximum absolute atomic E-state index is 12.3. The molecule has 0 radical (unpaired) electrons. The summed E-state index contributed by atoms with van der Waals surface area (Å²) in [4.78, 5) is 40.2. The molecule has 0 aliphatic carbocycles. The number of nitrogens with zero attached hydrogens (tertiary/aromatic N) is 2. The minimum absolute atomic E-state index is 0.0712. The largest absolute Gasteiger partial charge is 0.390 e. The van der Waals surface area contributed by atoms with Gasteiger partial charge in [-0.2, -0.15) is 0 Å². The van der Waals surface area contributed by atoms with Crippen LogP contribution in [0.1, 0.15) is 25.5 Å². The number of aromatic nitrogens is 4. The molecule has 0 amide bonds. The number of aliphatic hydroxyl groups is 1. The van der Waals surface area contributed by atoms with Gasteiger partial charge in [0.25, 0.3) is 11.1 Å². The van der Waals surface area contributed by atoms with Crippen molar-refractivity contribution in [1.29, 1.82) is 0 Å². The zero-order valence-electron chi connectivity index (χ0n) is 15.4. The van der Waals surface area contributed by atoms with Crippen LogP contribution in [0.15, 0.2) is 32.5 Å². The standard InChI is InChI=1S/C18H19N5O3S2/c1-18(2,9-24)23(7-12-19-10-3-5-27-14(10)16(25)21-12)8-13-20-11-4-6-28-15(11)17(26)22-13/h3-6,24H,7-9H2,1-2H3,(H,19,21,25)(H,20,22,26)/p+1. The van der Waals surface area contributed by atoms with Crippen LogP contribution < -0.4 is 16.0 Å². The molecule has 0 atom stereocenters. The van der Waals surface area contributed by atoms with Gasteiger partial charge >= 0.3 is 0 Å². The smallest absolute Gasteiger partial charge is 0.269 e. The number of hydrogen-bond acceptors (Lipinski definition) is 7. The van der Waals surface area contributed by atoms with Gasteiger partial charge in [0.2, 0.25) is 0 Å². The fraction of sp³-hybridized carbons (Fsp3) is 0.333. The van der Waals surface area contributed by atoms with Gasteiger partial charge in [0.1, 0.15) is 28.0 Å². The number of quaternary nitrogens is 1. The summed E-state index contributed by atoms with van der Waals surface area (Å²) in [5, 5.41) is 13.6. The first-order valence-corrected chi connectivity index (χ1v) is 10.5. The normalized spacial score (nSPS) is 12.4. The fourth-order valence-electron chi connectivity index (χ4n) is 3.07. The lowest BCUT2D eigenvalue weighted by molar-refractivity contribution is -0.976. The second-order valence-electron chi connectivity index (χ2n) is 7.29. The lowest BCUT2D eigenvalue weighted by Crippen LogP contribution is -3.18. The Morgan fingerprint density at radius 1 is 0.964 bits per heavy atom. The monoisotopic (exact) mass is 418 g/mol. The first-order chi connectivity index (χ1) is 13.4. The summed E-state index contributed by atoms with van der Waals surface area (Å²) in [6, 6.07) is 3.64. The van der Waals surface area contributed by atoms with Gasteiger partial charge in [0.15, 0.2) is 11.6 Å². The van der Waals surface area contributed by atoms with Crippen LogP contribution in [0.25, 0.3) is 20.4 Å². The molecule has 8 nitrogen and oxygen atoms in total. The minimum atomic E-state index is -0.537. The van der Waals surface area contributed by atoms with Gasteiger partial charge in [-0.05, 0) is 36.7 Å². The topological polar surface area (TPSA) is 116 Å². The molecular formula is C18H20N5O3S2+. The van der Waals surface area contributed by atoms with E-state index in [2.05, 4.69) is 19.9 Å². The van der Waals surface area contributed by atoms with E-state index >= 15 is 0 Å². The molecule has 0 aliphatic heterocycles. The average Bonchev–Trinajstić information content (AvgIpc) is 3.30. The average molecular weight is 419 g/mol. The van der Waals surface area contributed by atoms with Crippen LogP contribution in [0.5, 0.6) is 0 Å². The summed E-state index contributed by atoms with van der Waals surface area (Å²) in [5.74, 6) is 1.07. The summed E-state index contributed by atoms with van der Waals surface area (Å²) >= 11 is 2.71. The number of thiophene rings is 2. The highest BCUT2D eigenvalue weighted by Crippen LogP contribution is 2.14. The molecule has 0 fully saturated rings. The number of H-pyrrole nitrogens is 2. The Labute approximate surface area is 167 Å². The van der Waals surface area contributed by atoms with Crippen molar-refractivity contribution in [2.24, 2.45) is 0 Å². The van der Waals surface area contributed by atoms with E-state index in [1.807, 2.05) is 36.7 Å². The summed E-state index contributed by atoms with van der Waals surface area (Å²) in [5.41, 5.74) is 0.460. The molecule has 4 aromatic heterocycles. The molecule has 4 aromatic rings. The Bertz CT molecular complexity index is 1160. The van der Waals surface area contributed by atoms with E-state index in [0.29, 0.717) is 45.2 Å². The molecule has 0 saturated carbocycles. The van der Waals surface area contributed by atoms with Crippen molar-refractivity contribution in [2.45, 2.75) is 32.5 Å². The van der Waals surface area contributed by atoms with Crippen molar-refractivity contribution in [3.05, 3.63) is 55.2 Å². The van der Waals surface area contributed by atoms with Crippen molar-refractivity contribution in [2.75, 3.05) is 6.61 Å². The lowest BCUT2D eigenvalue weighted by atomic mass is 10.0. The van der Waals surface area contributed by atoms with Gasteiger partial charge in [-0.15, -0.1) is 22.7 Å². The lowest BCUT2D eigenvalue weighted by Gasteiger charge is -2.33. The molecule has 28 heavy (non-hydrogen) atoms. The van der Waals surface area contributed by atoms with E-state index in [4.69, 9.17) is 0 Å². The first-order valence-electron chi connectivity index (χ1n) is 8.76. The quantitative estimate of drug-likeness (QED) is 0.367. The SMILES string of the molecule is CC(C)(CO)[NH+](Cc1nc2ccsc2c(=O)[nH]1)Cc1nc2ccsc2c(=O)[nH]1. The summed E-state index contributed by atoms with van der Waals surface area (Å²) < 4.78 is 1.20. The van der Waals surface area contributed by atoms with Crippen LogP contribution in [-0.2, 0) is 13.1 Å². The van der Waals surface area contributed by atoms with Crippen molar-refractivity contribution < 1.29 is 10.0 Å². The molecular weight excluding hydrogens is 398 g/mol. The van der Waals surface area contributed by atoms with Crippen LogP contribution in [0.2, 0.25) is 0 Å². The number of hydrogen-bond donors (Lipinski definition) is 4.